The number of para-hydroxylation sites is 1. The fourth-order valence-electron chi connectivity index (χ4n) is 2.84. The van der Waals surface area contributed by atoms with Crippen LogP contribution in [0.1, 0.15) is 5.56 Å². The minimum Gasteiger partial charge on any atom is -0.484 e. The SMILES string of the molecule is Cc1cc(OCC(=O)Nc2cc(-c3nc4ccccc4s3)c(Cl)cc2Cl)ccc1Cl. The molecule has 0 aliphatic heterocycles. The van der Waals surface area contributed by atoms with Gasteiger partial charge < -0.3 is 10.1 Å². The van der Waals surface area contributed by atoms with E-state index in [9.17, 15) is 4.79 Å². The Hall–Kier alpha value is -2.31. The predicted molar refractivity (Wildman–Crippen MR) is 125 cm³/mol. The molecule has 0 bridgehead atoms. The van der Waals surface area contributed by atoms with E-state index in [0.717, 1.165) is 20.8 Å². The molecule has 4 rings (SSSR count). The largest absolute Gasteiger partial charge is 0.484 e. The minimum atomic E-state index is -0.345. The molecule has 0 aliphatic rings. The summed E-state index contributed by atoms with van der Waals surface area (Å²) in [6.45, 7) is 1.70. The summed E-state index contributed by atoms with van der Waals surface area (Å²) in [6, 6.07) is 16.4. The molecule has 0 saturated carbocycles. The van der Waals surface area contributed by atoms with Crippen molar-refractivity contribution in [3.63, 3.8) is 0 Å². The third-order valence-corrected chi connectivity index (χ3v) is 6.47. The van der Waals surface area contributed by atoms with Crippen molar-refractivity contribution in [2.45, 2.75) is 6.92 Å². The zero-order chi connectivity index (χ0) is 21.3. The maximum atomic E-state index is 12.4. The van der Waals surface area contributed by atoms with E-state index in [1.165, 1.54) is 11.3 Å². The number of fused-ring (bicyclic) bond motifs is 1. The van der Waals surface area contributed by atoms with Gasteiger partial charge in [-0.1, -0.05) is 46.9 Å². The summed E-state index contributed by atoms with van der Waals surface area (Å²) in [5, 5.41) is 4.96. The van der Waals surface area contributed by atoms with Gasteiger partial charge in [-0.25, -0.2) is 4.98 Å². The zero-order valence-electron chi connectivity index (χ0n) is 15.7. The number of carbonyl (C=O) groups excluding carboxylic acids is 1. The molecule has 4 nitrogen and oxygen atoms in total. The van der Waals surface area contributed by atoms with Gasteiger partial charge in [-0.15, -0.1) is 11.3 Å². The van der Waals surface area contributed by atoms with Crippen LogP contribution < -0.4 is 10.1 Å². The van der Waals surface area contributed by atoms with Crippen molar-refractivity contribution in [1.29, 1.82) is 0 Å². The van der Waals surface area contributed by atoms with Gasteiger partial charge in [0.1, 0.15) is 10.8 Å². The highest BCUT2D eigenvalue weighted by atomic mass is 35.5. The fraction of sp³-hybridized carbons (Fsp3) is 0.0909. The van der Waals surface area contributed by atoms with Gasteiger partial charge in [0.25, 0.3) is 5.91 Å². The minimum absolute atomic E-state index is 0.170. The normalized spacial score (nSPS) is 10.9. The van der Waals surface area contributed by atoms with Crippen LogP contribution in [-0.4, -0.2) is 17.5 Å². The van der Waals surface area contributed by atoms with E-state index in [4.69, 9.17) is 39.5 Å². The second-order valence-corrected chi connectivity index (χ2v) is 8.80. The molecule has 1 N–H and O–H groups in total. The van der Waals surface area contributed by atoms with E-state index >= 15 is 0 Å². The Morgan fingerprint density at radius 3 is 2.60 bits per heavy atom. The lowest BCUT2D eigenvalue weighted by atomic mass is 10.2. The second kappa shape index (κ2) is 8.82. The molecule has 0 unspecified atom stereocenters. The number of benzene rings is 3. The zero-order valence-corrected chi connectivity index (χ0v) is 18.8. The van der Waals surface area contributed by atoms with Gasteiger partial charge in [0.15, 0.2) is 6.61 Å². The van der Waals surface area contributed by atoms with E-state index in [1.807, 2.05) is 31.2 Å². The Bertz CT molecular complexity index is 1220. The number of thiazole rings is 1. The molecule has 0 saturated heterocycles. The number of halogens is 3. The van der Waals surface area contributed by atoms with Crippen molar-refractivity contribution in [3.8, 4) is 16.3 Å². The Morgan fingerprint density at radius 1 is 1.03 bits per heavy atom. The number of hydrogen-bond donors (Lipinski definition) is 1. The van der Waals surface area contributed by atoms with Crippen molar-refractivity contribution >= 4 is 68.0 Å². The summed E-state index contributed by atoms with van der Waals surface area (Å²) in [5.41, 5.74) is 2.90. The summed E-state index contributed by atoms with van der Waals surface area (Å²) in [6.07, 6.45) is 0. The monoisotopic (exact) mass is 476 g/mol. The van der Waals surface area contributed by atoms with Crippen LogP contribution in [-0.2, 0) is 4.79 Å². The van der Waals surface area contributed by atoms with Crippen LogP contribution in [0, 0.1) is 6.92 Å². The van der Waals surface area contributed by atoms with Crippen molar-refractivity contribution in [3.05, 3.63) is 75.2 Å². The smallest absolute Gasteiger partial charge is 0.262 e. The van der Waals surface area contributed by atoms with Gasteiger partial charge >= 0.3 is 0 Å². The van der Waals surface area contributed by atoms with Crippen molar-refractivity contribution in [2.24, 2.45) is 0 Å². The van der Waals surface area contributed by atoms with Crippen LogP contribution >= 0.6 is 46.1 Å². The molecule has 3 aromatic carbocycles. The summed E-state index contributed by atoms with van der Waals surface area (Å²) >= 11 is 20.2. The van der Waals surface area contributed by atoms with E-state index in [-0.39, 0.29) is 12.5 Å². The molecule has 8 heteroatoms. The summed E-state index contributed by atoms with van der Waals surface area (Å²) in [4.78, 5) is 17.0. The summed E-state index contributed by atoms with van der Waals surface area (Å²) < 4.78 is 6.60. The number of carbonyl (C=O) groups is 1. The summed E-state index contributed by atoms with van der Waals surface area (Å²) in [7, 11) is 0. The number of nitrogens with zero attached hydrogens (tertiary/aromatic N) is 1. The number of ether oxygens (including phenoxy) is 1. The van der Waals surface area contributed by atoms with E-state index in [1.54, 1.807) is 30.3 Å². The highest BCUT2D eigenvalue weighted by Crippen LogP contribution is 2.38. The average molecular weight is 478 g/mol. The standard InChI is InChI=1S/C22H15Cl3N2O2S/c1-12-8-13(6-7-15(12)23)29-11-21(28)26-19-9-14(16(24)10-17(19)25)22-27-18-4-2-3-5-20(18)30-22/h2-10H,11H2,1H3,(H,26,28). The van der Waals surface area contributed by atoms with Crippen LogP contribution in [0.2, 0.25) is 15.1 Å². The molecular formula is C22H15Cl3N2O2S. The quantitative estimate of drug-likeness (QED) is 0.329. The van der Waals surface area contributed by atoms with Gasteiger partial charge in [-0.05, 0) is 55.0 Å². The van der Waals surface area contributed by atoms with Gasteiger partial charge in [0, 0.05) is 10.6 Å². The van der Waals surface area contributed by atoms with Crippen molar-refractivity contribution in [1.82, 2.24) is 4.98 Å². The number of rotatable bonds is 5. The highest BCUT2D eigenvalue weighted by Gasteiger charge is 2.15. The Balaban J connectivity index is 1.53. The molecule has 30 heavy (non-hydrogen) atoms. The first-order valence-corrected chi connectivity index (χ1v) is 10.9. The van der Waals surface area contributed by atoms with Crippen LogP contribution in [0.3, 0.4) is 0 Å². The lowest BCUT2D eigenvalue weighted by Gasteiger charge is -2.11. The number of amides is 1. The molecule has 0 fully saturated rings. The third kappa shape index (κ3) is 4.55. The molecule has 1 heterocycles. The van der Waals surface area contributed by atoms with Crippen LogP contribution in [0.25, 0.3) is 20.8 Å². The first kappa shape index (κ1) is 20.9. The van der Waals surface area contributed by atoms with E-state index in [2.05, 4.69) is 10.3 Å². The molecule has 1 aromatic heterocycles. The molecule has 0 spiro atoms. The third-order valence-electron chi connectivity index (χ3n) is 4.35. The maximum absolute atomic E-state index is 12.4. The lowest BCUT2D eigenvalue weighted by molar-refractivity contribution is -0.118. The Labute approximate surface area is 192 Å². The molecular weight excluding hydrogens is 463 g/mol. The highest BCUT2D eigenvalue weighted by molar-refractivity contribution is 7.21. The molecule has 0 aliphatic carbocycles. The molecule has 0 radical (unpaired) electrons. The van der Waals surface area contributed by atoms with Gasteiger partial charge in [0.2, 0.25) is 0 Å². The molecule has 152 valence electrons. The van der Waals surface area contributed by atoms with E-state index in [0.29, 0.717) is 32.1 Å². The van der Waals surface area contributed by atoms with Crippen LogP contribution in [0.5, 0.6) is 5.75 Å². The second-order valence-electron chi connectivity index (χ2n) is 6.55. The van der Waals surface area contributed by atoms with Gasteiger partial charge in [-0.3, -0.25) is 4.79 Å². The van der Waals surface area contributed by atoms with Gasteiger partial charge in [-0.2, -0.15) is 0 Å². The number of nitrogens with one attached hydrogen (secondary N) is 1. The van der Waals surface area contributed by atoms with Crippen molar-refractivity contribution in [2.75, 3.05) is 11.9 Å². The molecule has 4 aromatic rings. The first-order valence-electron chi connectivity index (χ1n) is 8.94. The van der Waals surface area contributed by atoms with Crippen LogP contribution in [0.15, 0.2) is 54.6 Å². The fourth-order valence-corrected chi connectivity index (χ4v) is 4.53. The lowest BCUT2D eigenvalue weighted by Crippen LogP contribution is -2.20. The Kier molecular flexibility index (Phi) is 6.16. The summed E-state index contributed by atoms with van der Waals surface area (Å²) in [5.74, 6) is 0.214. The molecule has 0 atom stereocenters. The van der Waals surface area contributed by atoms with Gasteiger partial charge in [0.05, 0.1) is 25.9 Å². The Morgan fingerprint density at radius 2 is 1.83 bits per heavy atom. The predicted octanol–water partition coefficient (Wildman–Crippen LogP) is 7.25. The van der Waals surface area contributed by atoms with Crippen molar-refractivity contribution < 1.29 is 9.53 Å². The average Bonchev–Trinajstić information content (AvgIpc) is 3.15. The first-order chi connectivity index (χ1) is 14.4. The number of aryl methyl sites for hydroxylation is 1. The topological polar surface area (TPSA) is 51.2 Å². The molecule has 1 amide bonds. The van der Waals surface area contributed by atoms with Crippen LogP contribution in [0.4, 0.5) is 5.69 Å². The number of anilines is 1. The maximum Gasteiger partial charge on any atom is 0.262 e. The number of hydrogen-bond acceptors (Lipinski definition) is 4. The number of aromatic nitrogens is 1. The van der Waals surface area contributed by atoms with E-state index < -0.39 is 0 Å².